The van der Waals surface area contributed by atoms with E-state index < -0.39 is 11.9 Å². The number of nitrogens with one attached hydrogen (secondary N) is 1. The fourth-order valence-electron chi connectivity index (χ4n) is 2.44. The summed E-state index contributed by atoms with van der Waals surface area (Å²) in [7, 11) is 1.72. The van der Waals surface area contributed by atoms with Gasteiger partial charge in [-0.1, -0.05) is 11.6 Å². The monoisotopic (exact) mass is 393 g/mol. The van der Waals surface area contributed by atoms with Gasteiger partial charge in [-0.15, -0.1) is 0 Å². The number of aromatic nitrogens is 6. The standard InChI is InChI=1S/C16H11ClF3N7/c1-26-8-21-12-13(22-10-4-2-9(17)3-5-10)23-15(24-14(12)26)27-7-6-11(25-27)16(18,19)20/h2-8H,1H3,(H,22,23,24). The van der Waals surface area contributed by atoms with E-state index in [0.717, 1.165) is 16.9 Å². The average molecular weight is 394 g/mol. The molecule has 1 aromatic carbocycles. The minimum absolute atomic E-state index is 0.0157. The van der Waals surface area contributed by atoms with Crippen LogP contribution in [0.25, 0.3) is 17.1 Å². The fraction of sp³-hybridized carbons (Fsp3) is 0.125. The van der Waals surface area contributed by atoms with Gasteiger partial charge in [0.05, 0.1) is 6.33 Å². The third-order valence-corrected chi connectivity index (χ3v) is 3.99. The number of aryl methyl sites for hydroxylation is 1. The summed E-state index contributed by atoms with van der Waals surface area (Å²) >= 11 is 5.88. The quantitative estimate of drug-likeness (QED) is 0.570. The van der Waals surface area contributed by atoms with Gasteiger partial charge in [0.2, 0.25) is 0 Å². The molecule has 0 saturated carbocycles. The molecule has 0 spiro atoms. The molecular weight excluding hydrogens is 383 g/mol. The molecule has 3 aromatic heterocycles. The fourth-order valence-corrected chi connectivity index (χ4v) is 2.57. The number of benzene rings is 1. The van der Waals surface area contributed by atoms with Gasteiger partial charge < -0.3 is 9.88 Å². The molecule has 11 heteroatoms. The van der Waals surface area contributed by atoms with Crippen LogP contribution >= 0.6 is 11.6 Å². The van der Waals surface area contributed by atoms with Gasteiger partial charge in [-0.2, -0.15) is 28.2 Å². The summed E-state index contributed by atoms with van der Waals surface area (Å²) in [5.41, 5.74) is 0.579. The molecule has 0 saturated heterocycles. The van der Waals surface area contributed by atoms with Crippen LogP contribution in [0.5, 0.6) is 0 Å². The van der Waals surface area contributed by atoms with Gasteiger partial charge in [-0.05, 0) is 30.3 Å². The van der Waals surface area contributed by atoms with Crippen molar-refractivity contribution in [1.29, 1.82) is 0 Å². The maximum atomic E-state index is 12.8. The van der Waals surface area contributed by atoms with Crippen LogP contribution in [0.3, 0.4) is 0 Å². The molecule has 7 nitrogen and oxygen atoms in total. The molecule has 0 atom stereocenters. The summed E-state index contributed by atoms with van der Waals surface area (Å²) in [4.78, 5) is 12.8. The van der Waals surface area contributed by atoms with Crippen molar-refractivity contribution in [2.45, 2.75) is 6.18 Å². The van der Waals surface area contributed by atoms with Crippen molar-refractivity contribution in [1.82, 2.24) is 29.3 Å². The van der Waals surface area contributed by atoms with Crippen LogP contribution in [-0.2, 0) is 13.2 Å². The summed E-state index contributed by atoms with van der Waals surface area (Å²) in [5.74, 6) is 0.319. The van der Waals surface area contributed by atoms with Crippen molar-refractivity contribution < 1.29 is 13.2 Å². The molecule has 0 amide bonds. The van der Waals surface area contributed by atoms with E-state index in [-0.39, 0.29) is 5.95 Å². The maximum Gasteiger partial charge on any atom is 0.435 e. The van der Waals surface area contributed by atoms with E-state index in [4.69, 9.17) is 11.6 Å². The number of hydrogen-bond acceptors (Lipinski definition) is 5. The van der Waals surface area contributed by atoms with Crippen molar-refractivity contribution in [3.05, 3.63) is 53.6 Å². The molecule has 27 heavy (non-hydrogen) atoms. The molecule has 0 bridgehead atoms. The number of hydrogen-bond donors (Lipinski definition) is 1. The number of imidazole rings is 1. The third kappa shape index (κ3) is 3.31. The topological polar surface area (TPSA) is 73.5 Å². The highest BCUT2D eigenvalue weighted by Gasteiger charge is 2.34. The molecule has 0 radical (unpaired) electrons. The maximum absolute atomic E-state index is 12.8. The van der Waals surface area contributed by atoms with Crippen LogP contribution in [0.15, 0.2) is 42.9 Å². The number of fused-ring (bicyclic) bond motifs is 1. The summed E-state index contributed by atoms with van der Waals surface area (Å²) in [6.07, 6.45) is -1.85. The van der Waals surface area contributed by atoms with E-state index >= 15 is 0 Å². The van der Waals surface area contributed by atoms with Crippen molar-refractivity contribution in [3.8, 4) is 5.95 Å². The van der Waals surface area contributed by atoms with Gasteiger partial charge in [-0.3, -0.25) is 0 Å². The smallest absolute Gasteiger partial charge is 0.338 e. The molecule has 0 aliphatic rings. The lowest BCUT2D eigenvalue weighted by Gasteiger charge is -2.09. The van der Waals surface area contributed by atoms with Gasteiger partial charge in [-0.25, -0.2) is 9.67 Å². The molecule has 0 fully saturated rings. The molecule has 4 rings (SSSR count). The van der Waals surface area contributed by atoms with E-state index in [1.807, 2.05) is 0 Å². The number of alkyl halides is 3. The normalized spacial score (nSPS) is 11.9. The van der Waals surface area contributed by atoms with E-state index in [1.165, 1.54) is 0 Å². The number of rotatable bonds is 3. The number of anilines is 2. The second-order valence-electron chi connectivity index (χ2n) is 5.68. The Kier molecular flexibility index (Phi) is 3.99. The molecule has 4 aromatic rings. The first-order chi connectivity index (χ1) is 12.8. The van der Waals surface area contributed by atoms with E-state index in [9.17, 15) is 13.2 Å². The Labute approximate surface area is 155 Å². The Hall–Kier alpha value is -3.14. The van der Waals surface area contributed by atoms with Crippen molar-refractivity contribution in [3.63, 3.8) is 0 Å². The highest BCUT2D eigenvalue weighted by Crippen LogP contribution is 2.28. The van der Waals surface area contributed by atoms with Gasteiger partial charge in [0.1, 0.15) is 0 Å². The van der Waals surface area contributed by atoms with Crippen LogP contribution in [0.4, 0.5) is 24.7 Å². The Bertz CT molecular complexity index is 1120. The summed E-state index contributed by atoms with van der Waals surface area (Å²) < 4.78 is 41.1. The summed E-state index contributed by atoms with van der Waals surface area (Å²) in [5, 5.41) is 7.18. The Morgan fingerprint density at radius 2 is 1.81 bits per heavy atom. The summed E-state index contributed by atoms with van der Waals surface area (Å²) in [6.45, 7) is 0. The van der Waals surface area contributed by atoms with E-state index in [1.54, 1.807) is 42.2 Å². The highest BCUT2D eigenvalue weighted by atomic mass is 35.5. The van der Waals surface area contributed by atoms with Crippen LogP contribution in [0, 0.1) is 0 Å². The molecule has 0 aliphatic heterocycles. The molecular formula is C16H11ClF3N7. The number of nitrogens with zero attached hydrogens (tertiary/aromatic N) is 6. The zero-order chi connectivity index (χ0) is 19.2. The Morgan fingerprint density at radius 1 is 1.07 bits per heavy atom. The van der Waals surface area contributed by atoms with Crippen molar-refractivity contribution >= 4 is 34.3 Å². The molecule has 138 valence electrons. The first-order valence-corrected chi connectivity index (χ1v) is 8.04. The van der Waals surface area contributed by atoms with Crippen LogP contribution in [0.1, 0.15) is 5.69 Å². The Morgan fingerprint density at radius 3 is 2.48 bits per heavy atom. The predicted octanol–water partition coefficient (Wildman–Crippen LogP) is 3.96. The van der Waals surface area contributed by atoms with Crippen molar-refractivity contribution in [2.24, 2.45) is 7.05 Å². The number of halogens is 4. The van der Waals surface area contributed by atoms with Gasteiger partial charge in [0.25, 0.3) is 5.95 Å². The molecule has 0 aliphatic carbocycles. The first kappa shape index (κ1) is 17.3. The molecule has 3 heterocycles. The van der Waals surface area contributed by atoms with Crippen molar-refractivity contribution in [2.75, 3.05) is 5.32 Å². The first-order valence-electron chi connectivity index (χ1n) is 7.66. The minimum atomic E-state index is -4.55. The lowest BCUT2D eigenvalue weighted by atomic mass is 10.3. The zero-order valence-corrected chi connectivity index (χ0v) is 14.5. The second kappa shape index (κ2) is 6.23. The minimum Gasteiger partial charge on any atom is -0.338 e. The lowest BCUT2D eigenvalue weighted by molar-refractivity contribution is -0.141. The molecule has 0 unspecified atom stereocenters. The average Bonchev–Trinajstić information content (AvgIpc) is 3.24. The van der Waals surface area contributed by atoms with Crippen LogP contribution in [0.2, 0.25) is 5.02 Å². The van der Waals surface area contributed by atoms with E-state index in [2.05, 4.69) is 25.4 Å². The van der Waals surface area contributed by atoms with E-state index in [0.29, 0.717) is 27.7 Å². The van der Waals surface area contributed by atoms with Crippen LogP contribution in [-0.4, -0.2) is 29.3 Å². The lowest BCUT2D eigenvalue weighted by Crippen LogP contribution is -2.10. The van der Waals surface area contributed by atoms with Crippen LogP contribution < -0.4 is 5.32 Å². The Balaban J connectivity index is 1.81. The van der Waals surface area contributed by atoms with Gasteiger partial charge >= 0.3 is 6.18 Å². The largest absolute Gasteiger partial charge is 0.435 e. The molecule has 1 N–H and O–H groups in total. The zero-order valence-electron chi connectivity index (χ0n) is 13.7. The summed E-state index contributed by atoms with van der Waals surface area (Å²) in [6, 6.07) is 7.75. The van der Waals surface area contributed by atoms with Gasteiger partial charge in [0, 0.05) is 24.0 Å². The SMILES string of the molecule is Cn1cnc2c(Nc3ccc(Cl)cc3)nc(-n3ccc(C(F)(F)F)n3)nc21. The van der Waals surface area contributed by atoms with Gasteiger partial charge in [0.15, 0.2) is 22.7 Å². The second-order valence-corrected chi connectivity index (χ2v) is 6.11. The predicted molar refractivity (Wildman–Crippen MR) is 93.2 cm³/mol. The third-order valence-electron chi connectivity index (χ3n) is 3.74. The highest BCUT2D eigenvalue weighted by molar-refractivity contribution is 6.30.